The van der Waals surface area contributed by atoms with Crippen LogP contribution in [0.4, 0.5) is 0 Å². The summed E-state index contributed by atoms with van der Waals surface area (Å²) in [6, 6.07) is -12.0. The first-order valence-corrected chi connectivity index (χ1v) is 19.1. The molecule has 0 aromatic carbocycles. The van der Waals surface area contributed by atoms with Gasteiger partial charge in [-0.1, -0.05) is 13.8 Å². The molecule has 0 radical (unpaired) electrons. The van der Waals surface area contributed by atoms with Gasteiger partial charge in [0.05, 0.1) is 31.5 Å². The minimum absolute atomic E-state index is 0.0148. The molecule has 7 amide bonds. The largest absolute Gasteiger partial charge is 0.481 e. The van der Waals surface area contributed by atoms with E-state index in [1.54, 1.807) is 13.8 Å². The van der Waals surface area contributed by atoms with Crippen molar-refractivity contribution in [3.8, 4) is 0 Å². The Labute approximate surface area is 350 Å². The summed E-state index contributed by atoms with van der Waals surface area (Å²) in [5.41, 5.74) is 16.6. The number of guanidine groups is 1. The number of carboxylic acid groups (broad SMARTS) is 2. The molecule has 0 saturated carbocycles. The van der Waals surface area contributed by atoms with Crippen molar-refractivity contribution < 1.29 is 63.6 Å². The topological polar surface area (TPSA) is 438 Å². The minimum atomic E-state index is -1.82. The molecular weight excluding hydrogens is 810 g/mol. The van der Waals surface area contributed by atoms with Gasteiger partial charge in [-0.15, -0.1) is 0 Å². The van der Waals surface area contributed by atoms with Gasteiger partial charge in [-0.3, -0.25) is 43.3 Å². The van der Waals surface area contributed by atoms with E-state index in [-0.39, 0.29) is 44.1 Å². The number of carboxylic acids is 2. The van der Waals surface area contributed by atoms with Crippen molar-refractivity contribution in [2.45, 2.75) is 121 Å². The first-order chi connectivity index (χ1) is 28.5. The maximum Gasteiger partial charge on any atom is 0.326 e. The molecule has 1 aromatic rings. The lowest BCUT2D eigenvalue weighted by atomic mass is 10.0. The van der Waals surface area contributed by atoms with E-state index in [2.05, 4.69) is 52.2 Å². The number of amides is 7. The Morgan fingerprint density at radius 3 is 1.77 bits per heavy atom. The zero-order valence-corrected chi connectivity index (χ0v) is 34.5. The quantitative estimate of drug-likeness (QED) is 0.0222. The van der Waals surface area contributed by atoms with Crippen molar-refractivity contribution in [2.24, 2.45) is 28.1 Å². The minimum Gasteiger partial charge on any atom is -0.481 e. The van der Waals surface area contributed by atoms with Gasteiger partial charge in [0.1, 0.15) is 42.3 Å². The van der Waals surface area contributed by atoms with E-state index < -0.39 is 121 Å². The molecule has 18 N–H and O–H groups in total. The number of nitrogens with one attached hydrogen (secondary N) is 8. The summed E-state index contributed by atoms with van der Waals surface area (Å²) in [7, 11) is 0. The molecule has 0 aliphatic rings. The first kappa shape index (κ1) is 52.6. The summed E-state index contributed by atoms with van der Waals surface area (Å²) in [5.74, 6) is -10.6. The number of H-pyrrole nitrogens is 1. The number of hydrogen-bond acceptors (Lipinski definition) is 14. The molecule has 61 heavy (non-hydrogen) atoms. The fourth-order valence-electron chi connectivity index (χ4n) is 5.31. The lowest BCUT2D eigenvalue weighted by molar-refractivity contribution is -0.143. The molecule has 26 heteroatoms. The van der Waals surface area contributed by atoms with Crippen LogP contribution in [0.3, 0.4) is 0 Å². The van der Waals surface area contributed by atoms with Gasteiger partial charge in [-0.25, -0.2) is 9.78 Å². The number of rotatable bonds is 27. The zero-order chi connectivity index (χ0) is 46.6. The number of carbonyl (C=O) groups excluding carboxylic acids is 7. The molecule has 9 atom stereocenters. The van der Waals surface area contributed by atoms with E-state index in [1.807, 2.05) is 0 Å². The van der Waals surface area contributed by atoms with Gasteiger partial charge in [0.15, 0.2) is 5.96 Å². The van der Waals surface area contributed by atoms with Crippen LogP contribution >= 0.6 is 0 Å². The molecule has 0 bridgehead atoms. The zero-order valence-electron chi connectivity index (χ0n) is 34.5. The summed E-state index contributed by atoms with van der Waals surface area (Å²) < 4.78 is 0. The molecule has 0 spiro atoms. The van der Waals surface area contributed by atoms with E-state index in [1.165, 1.54) is 26.4 Å². The van der Waals surface area contributed by atoms with Gasteiger partial charge in [-0.05, 0) is 46.0 Å². The van der Waals surface area contributed by atoms with Crippen molar-refractivity contribution in [1.82, 2.24) is 47.2 Å². The lowest BCUT2D eigenvalue weighted by Crippen LogP contribution is -2.62. The molecule has 0 aliphatic heterocycles. The second-order valence-corrected chi connectivity index (χ2v) is 14.5. The van der Waals surface area contributed by atoms with Crippen LogP contribution in [0.1, 0.15) is 66.0 Å². The highest BCUT2D eigenvalue weighted by Gasteiger charge is 2.36. The maximum absolute atomic E-state index is 13.7. The maximum atomic E-state index is 13.7. The summed E-state index contributed by atoms with van der Waals surface area (Å²) in [6.45, 7) is 6.14. The van der Waals surface area contributed by atoms with Gasteiger partial charge >= 0.3 is 11.9 Å². The van der Waals surface area contributed by atoms with Gasteiger partial charge in [-0.2, -0.15) is 0 Å². The van der Waals surface area contributed by atoms with E-state index in [9.17, 15) is 63.6 Å². The first-order valence-electron chi connectivity index (χ1n) is 19.1. The smallest absolute Gasteiger partial charge is 0.326 e. The summed E-state index contributed by atoms with van der Waals surface area (Å²) >= 11 is 0. The van der Waals surface area contributed by atoms with Gasteiger partial charge in [0.25, 0.3) is 0 Å². The predicted molar refractivity (Wildman–Crippen MR) is 213 cm³/mol. The molecule has 1 rings (SSSR count). The van der Waals surface area contributed by atoms with E-state index in [4.69, 9.17) is 17.2 Å². The van der Waals surface area contributed by atoms with Crippen molar-refractivity contribution >= 4 is 59.2 Å². The number of imidazole rings is 1. The Balaban J connectivity index is 3.25. The fourth-order valence-corrected chi connectivity index (χ4v) is 5.31. The highest BCUT2D eigenvalue weighted by atomic mass is 16.4. The second kappa shape index (κ2) is 25.9. The summed E-state index contributed by atoms with van der Waals surface area (Å²) in [5, 5.41) is 55.4. The molecule has 0 fully saturated rings. The van der Waals surface area contributed by atoms with E-state index >= 15 is 0 Å². The molecular formula is C35H59N13O13. The lowest BCUT2D eigenvalue weighted by Gasteiger charge is -2.28. The fraction of sp³-hybridized carbons (Fsp3) is 0.629. The van der Waals surface area contributed by atoms with Crippen LogP contribution in [0.5, 0.6) is 0 Å². The van der Waals surface area contributed by atoms with Crippen LogP contribution in [0.15, 0.2) is 17.5 Å². The number of aliphatic hydroxyl groups excluding tert-OH is 2. The third-order valence-corrected chi connectivity index (χ3v) is 8.57. The average Bonchev–Trinajstić information content (AvgIpc) is 3.68. The van der Waals surface area contributed by atoms with Gasteiger partial charge < -0.3 is 79.8 Å². The third kappa shape index (κ3) is 19.5. The summed E-state index contributed by atoms with van der Waals surface area (Å²) in [6.07, 6.45) is -0.271. The number of aromatic nitrogens is 2. The van der Waals surface area contributed by atoms with Crippen molar-refractivity contribution in [2.75, 3.05) is 13.2 Å². The van der Waals surface area contributed by atoms with Crippen molar-refractivity contribution in [3.05, 3.63) is 18.2 Å². The van der Waals surface area contributed by atoms with Gasteiger partial charge in [0, 0.05) is 24.9 Å². The number of aromatic amines is 1. The van der Waals surface area contributed by atoms with Crippen LogP contribution in [0.25, 0.3) is 0 Å². The highest BCUT2D eigenvalue weighted by molar-refractivity contribution is 5.98. The SMILES string of the molecule is CC(C)C[C@H](NC(=O)[C@H](CC(=O)O)NC(=O)[C@H](C)NC(=O)[C@H](CO)NC(=O)[C@H](C)N)C(=O)N[C@H](C(=O)N[C@@H](CCCN=C(N)N)C(=O)N[C@@H](Cc1cnc[nH]1)C(=O)O)[C@@H](C)O. The Morgan fingerprint density at radius 2 is 1.26 bits per heavy atom. The highest BCUT2D eigenvalue weighted by Crippen LogP contribution is 2.09. The number of hydrogen-bond donors (Lipinski definition) is 15. The Morgan fingerprint density at radius 1 is 0.721 bits per heavy atom. The van der Waals surface area contributed by atoms with Crippen LogP contribution < -0.4 is 54.4 Å². The predicted octanol–water partition coefficient (Wildman–Crippen LogP) is -6.26. The van der Waals surface area contributed by atoms with Crippen LogP contribution in [-0.2, 0) is 49.6 Å². The average molecular weight is 870 g/mol. The number of carbonyl (C=O) groups is 9. The van der Waals surface area contributed by atoms with Crippen LogP contribution in [-0.4, -0.2) is 157 Å². The molecule has 1 aromatic heterocycles. The number of aliphatic hydroxyl groups is 2. The molecule has 0 saturated heterocycles. The van der Waals surface area contributed by atoms with E-state index in [0.29, 0.717) is 5.69 Å². The van der Waals surface area contributed by atoms with E-state index in [0.717, 1.165) is 6.92 Å². The third-order valence-electron chi connectivity index (χ3n) is 8.57. The Hall–Kier alpha value is -6.41. The standard InChI is InChI=1S/C35H59N13O13/c1-15(2)9-21(45-30(56)22(11-25(51)52)44-28(54)17(4)42-32(58)24(13-49)47-27(53)16(3)36)31(57)48-26(18(5)50)33(59)43-20(7-6-8-40-35(37)38)29(55)46-23(34(60)61)10-19-12-39-14-41-19/h12,14-18,20-24,26,49-50H,6-11,13,36H2,1-5H3,(H,39,41)(H,42,58)(H,43,59)(H,44,54)(H,45,56)(H,46,55)(H,47,53)(H,48,57)(H,51,52)(H,60,61)(H4,37,38,40)/t16-,17-,18+,20-,21-,22-,23-,24-,26-/m0/s1. The normalized spacial score (nSPS) is 15.4. The molecule has 26 nitrogen and oxygen atoms in total. The number of aliphatic imine (C=N–C) groups is 1. The molecule has 1 heterocycles. The van der Waals surface area contributed by atoms with Crippen LogP contribution in [0, 0.1) is 5.92 Å². The molecule has 0 aliphatic carbocycles. The molecule has 342 valence electrons. The number of aliphatic carboxylic acids is 2. The number of nitrogens with zero attached hydrogens (tertiary/aromatic N) is 2. The van der Waals surface area contributed by atoms with Crippen molar-refractivity contribution in [1.29, 1.82) is 0 Å². The Bertz CT molecular complexity index is 1700. The Kier molecular flexibility index (Phi) is 22.4. The van der Waals surface area contributed by atoms with Crippen molar-refractivity contribution in [3.63, 3.8) is 0 Å². The molecule has 0 unspecified atom stereocenters. The summed E-state index contributed by atoms with van der Waals surface area (Å²) in [4.78, 5) is 126. The van der Waals surface area contributed by atoms with Gasteiger partial charge in [0.2, 0.25) is 41.4 Å². The number of nitrogens with two attached hydrogens (primary N) is 3. The van der Waals surface area contributed by atoms with Crippen LogP contribution in [0.2, 0.25) is 0 Å². The second-order valence-electron chi connectivity index (χ2n) is 14.5. The monoisotopic (exact) mass is 869 g/mol.